The zero-order chi connectivity index (χ0) is 21.1. The van der Waals surface area contributed by atoms with Gasteiger partial charge in [0.2, 0.25) is 0 Å². The fourth-order valence-electron chi connectivity index (χ4n) is 3.27. The Balaban J connectivity index is 1.62. The highest BCUT2D eigenvalue weighted by Gasteiger charge is 2.18. The molecule has 0 bridgehead atoms. The second-order valence-electron chi connectivity index (χ2n) is 6.81. The molecule has 0 unspecified atom stereocenters. The van der Waals surface area contributed by atoms with Crippen molar-refractivity contribution < 1.29 is 13.9 Å². The molecule has 1 amide bonds. The minimum absolute atomic E-state index is 0.217. The number of halogens is 1. The monoisotopic (exact) mass is 405 g/mol. The van der Waals surface area contributed by atoms with Crippen molar-refractivity contribution in [2.45, 2.75) is 13.5 Å². The molecule has 0 radical (unpaired) electrons. The van der Waals surface area contributed by atoms with Gasteiger partial charge in [0.15, 0.2) is 0 Å². The molecule has 0 fully saturated rings. The van der Waals surface area contributed by atoms with Crippen LogP contribution in [0.2, 0.25) is 0 Å². The molecule has 3 aromatic heterocycles. The fourth-order valence-corrected chi connectivity index (χ4v) is 3.27. The van der Waals surface area contributed by atoms with Crippen molar-refractivity contribution in [3.05, 3.63) is 72.1 Å². The minimum atomic E-state index is -0.363. The molecule has 30 heavy (non-hydrogen) atoms. The summed E-state index contributed by atoms with van der Waals surface area (Å²) in [6.45, 7) is 2.58. The first-order valence-electron chi connectivity index (χ1n) is 9.47. The standard InChI is InChI=1S/C22H20FN5O2/c1-3-30-19-8-15(11-25-21(19)14-5-4-6-18(23)7-14)22(29)28(2)13-17-10-24-9-16-12-26-27-20(16)17/h4-12H,3,13H2,1-2H3,(H,26,27). The molecule has 1 aromatic carbocycles. The number of fused-ring (bicyclic) bond motifs is 1. The lowest BCUT2D eigenvalue weighted by molar-refractivity contribution is 0.0784. The smallest absolute Gasteiger partial charge is 0.255 e. The lowest BCUT2D eigenvalue weighted by Crippen LogP contribution is -2.26. The number of carbonyl (C=O) groups excluding carboxylic acids is 1. The molecule has 0 aliphatic rings. The van der Waals surface area contributed by atoms with Crippen molar-refractivity contribution >= 4 is 16.8 Å². The maximum atomic E-state index is 13.6. The van der Waals surface area contributed by atoms with Crippen LogP contribution in [0.5, 0.6) is 5.75 Å². The maximum Gasteiger partial charge on any atom is 0.255 e. The van der Waals surface area contributed by atoms with Crippen molar-refractivity contribution in [1.29, 1.82) is 0 Å². The summed E-state index contributed by atoms with van der Waals surface area (Å²) < 4.78 is 19.3. The zero-order valence-corrected chi connectivity index (χ0v) is 16.6. The van der Waals surface area contributed by atoms with Gasteiger partial charge in [-0.05, 0) is 25.1 Å². The molecule has 152 valence electrons. The first kappa shape index (κ1) is 19.5. The quantitative estimate of drug-likeness (QED) is 0.527. The molecule has 4 rings (SSSR count). The van der Waals surface area contributed by atoms with Gasteiger partial charge in [-0.3, -0.25) is 19.9 Å². The first-order valence-corrected chi connectivity index (χ1v) is 9.47. The number of nitrogens with zero attached hydrogens (tertiary/aromatic N) is 4. The summed E-state index contributed by atoms with van der Waals surface area (Å²) in [4.78, 5) is 23.2. The van der Waals surface area contributed by atoms with Crippen LogP contribution in [0.1, 0.15) is 22.8 Å². The van der Waals surface area contributed by atoms with Crippen LogP contribution in [0.3, 0.4) is 0 Å². The Kier molecular flexibility index (Phi) is 5.38. The zero-order valence-electron chi connectivity index (χ0n) is 16.6. The summed E-state index contributed by atoms with van der Waals surface area (Å²) >= 11 is 0. The average molecular weight is 405 g/mol. The van der Waals surface area contributed by atoms with Crippen molar-refractivity contribution in [3.8, 4) is 17.0 Å². The van der Waals surface area contributed by atoms with Gasteiger partial charge in [0.25, 0.3) is 5.91 Å². The van der Waals surface area contributed by atoms with Crippen LogP contribution in [-0.4, -0.2) is 44.6 Å². The number of hydrogen-bond acceptors (Lipinski definition) is 5. The van der Waals surface area contributed by atoms with Crippen LogP contribution in [0.15, 0.2) is 55.1 Å². The number of ether oxygens (including phenoxy) is 1. The van der Waals surface area contributed by atoms with Gasteiger partial charge in [-0.25, -0.2) is 4.39 Å². The van der Waals surface area contributed by atoms with Crippen LogP contribution in [-0.2, 0) is 6.54 Å². The third-order valence-corrected chi connectivity index (χ3v) is 4.69. The van der Waals surface area contributed by atoms with Gasteiger partial charge in [0.1, 0.15) is 17.3 Å². The second kappa shape index (κ2) is 8.28. The highest BCUT2D eigenvalue weighted by Crippen LogP contribution is 2.29. The van der Waals surface area contributed by atoms with E-state index in [0.717, 1.165) is 16.5 Å². The molecule has 0 aliphatic carbocycles. The third kappa shape index (κ3) is 3.84. The number of benzene rings is 1. The van der Waals surface area contributed by atoms with Gasteiger partial charge < -0.3 is 9.64 Å². The van der Waals surface area contributed by atoms with Crippen LogP contribution in [0.4, 0.5) is 4.39 Å². The number of amides is 1. The Bertz CT molecular complexity index is 1210. The number of pyridine rings is 2. The second-order valence-corrected chi connectivity index (χ2v) is 6.81. The normalized spacial score (nSPS) is 10.9. The number of H-pyrrole nitrogens is 1. The number of rotatable bonds is 6. The molecule has 0 aliphatic heterocycles. The predicted octanol–water partition coefficient (Wildman–Crippen LogP) is 3.83. The Labute approximate surface area is 172 Å². The molecule has 3 heterocycles. The van der Waals surface area contributed by atoms with E-state index in [1.165, 1.54) is 18.3 Å². The Morgan fingerprint density at radius 2 is 2.07 bits per heavy atom. The lowest BCUT2D eigenvalue weighted by atomic mass is 10.1. The third-order valence-electron chi connectivity index (χ3n) is 4.69. The molecule has 0 saturated heterocycles. The van der Waals surface area contributed by atoms with Crippen LogP contribution >= 0.6 is 0 Å². The molecule has 0 atom stereocenters. The molecular formula is C22H20FN5O2. The van der Waals surface area contributed by atoms with E-state index in [0.29, 0.717) is 35.7 Å². The van der Waals surface area contributed by atoms with Crippen molar-refractivity contribution in [2.24, 2.45) is 0 Å². The van der Waals surface area contributed by atoms with Crippen LogP contribution in [0, 0.1) is 5.82 Å². The molecule has 1 N–H and O–H groups in total. The van der Waals surface area contributed by atoms with Crippen LogP contribution < -0.4 is 4.74 Å². The Morgan fingerprint density at radius 1 is 1.20 bits per heavy atom. The van der Waals surface area contributed by atoms with Crippen molar-refractivity contribution in [1.82, 2.24) is 25.1 Å². The van der Waals surface area contributed by atoms with Gasteiger partial charge in [0.05, 0.1) is 23.9 Å². The van der Waals surface area contributed by atoms with Crippen LogP contribution in [0.25, 0.3) is 22.2 Å². The maximum absolute atomic E-state index is 13.6. The number of aromatic nitrogens is 4. The lowest BCUT2D eigenvalue weighted by Gasteiger charge is -2.18. The summed E-state index contributed by atoms with van der Waals surface area (Å²) in [6.07, 6.45) is 6.60. The molecule has 0 spiro atoms. The predicted molar refractivity (Wildman–Crippen MR) is 110 cm³/mol. The highest BCUT2D eigenvalue weighted by molar-refractivity contribution is 5.95. The van der Waals surface area contributed by atoms with Gasteiger partial charge >= 0.3 is 0 Å². The number of carbonyl (C=O) groups is 1. The number of nitrogens with one attached hydrogen (secondary N) is 1. The van der Waals surface area contributed by atoms with E-state index in [2.05, 4.69) is 20.2 Å². The molecule has 7 nitrogen and oxygen atoms in total. The first-order chi connectivity index (χ1) is 14.6. The van der Waals surface area contributed by atoms with Gasteiger partial charge in [-0.15, -0.1) is 0 Å². The van der Waals surface area contributed by atoms with Crippen molar-refractivity contribution in [3.63, 3.8) is 0 Å². The van der Waals surface area contributed by atoms with E-state index in [9.17, 15) is 9.18 Å². The molecule has 4 aromatic rings. The molecule has 8 heteroatoms. The summed E-state index contributed by atoms with van der Waals surface area (Å²) in [5, 5.41) is 7.85. The summed E-state index contributed by atoms with van der Waals surface area (Å²) in [6, 6.07) is 7.76. The summed E-state index contributed by atoms with van der Waals surface area (Å²) in [5.41, 5.74) is 3.16. The van der Waals surface area contributed by atoms with Crippen molar-refractivity contribution in [2.75, 3.05) is 13.7 Å². The van der Waals surface area contributed by atoms with E-state index in [4.69, 9.17) is 4.74 Å². The van der Waals surface area contributed by atoms with E-state index in [-0.39, 0.29) is 11.7 Å². The van der Waals surface area contributed by atoms with Gasteiger partial charge in [-0.1, -0.05) is 12.1 Å². The summed E-state index contributed by atoms with van der Waals surface area (Å²) in [7, 11) is 1.71. The van der Waals surface area contributed by atoms with E-state index in [1.807, 2.05) is 6.92 Å². The Morgan fingerprint density at radius 3 is 2.87 bits per heavy atom. The topological polar surface area (TPSA) is 84.0 Å². The Hall–Kier alpha value is -3.81. The van der Waals surface area contributed by atoms with Gasteiger partial charge in [-0.2, -0.15) is 5.10 Å². The fraction of sp³-hybridized carbons (Fsp3) is 0.182. The largest absolute Gasteiger partial charge is 0.492 e. The van der Waals surface area contributed by atoms with E-state index < -0.39 is 0 Å². The van der Waals surface area contributed by atoms with E-state index in [1.54, 1.807) is 48.7 Å². The number of hydrogen-bond donors (Lipinski definition) is 1. The highest BCUT2D eigenvalue weighted by atomic mass is 19.1. The van der Waals surface area contributed by atoms with E-state index >= 15 is 0 Å². The SMILES string of the molecule is CCOc1cc(C(=O)N(C)Cc2cncc3cn[nH]c23)cnc1-c1cccc(F)c1. The minimum Gasteiger partial charge on any atom is -0.492 e. The average Bonchev–Trinajstić information content (AvgIpc) is 3.23. The summed E-state index contributed by atoms with van der Waals surface area (Å²) in [5.74, 6) is -0.149. The number of aromatic amines is 1. The molecular weight excluding hydrogens is 385 g/mol. The molecule has 0 saturated carbocycles. The van der Waals surface area contributed by atoms with Gasteiger partial charge in [0, 0.05) is 48.7 Å².